The number of hydrogen-bond donors (Lipinski definition) is 2. The van der Waals surface area contributed by atoms with Crippen LogP contribution in [0.2, 0.25) is 0 Å². The van der Waals surface area contributed by atoms with Crippen LogP contribution >= 0.6 is 0 Å². The van der Waals surface area contributed by atoms with Gasteiger partial charge in [-0.05, 0) is 41.8 Å². The highest BCUT2D eigenvalue weighted by Gasteiger charge is 2.14. The molecular weight excluding hydrogens is 338 g/mol. The van der Waals surface area contributed by atoms with Crippen molar-refractivity contribution in [2.75, 3.05) is 26.0 Å². The van der Waals surface area contributed by atoms with Crippen molar-refractivity contribution in [2.24, 2.45) is 0 Å². The van der Waals surface area contributed by atoms with E-state index in [0.717, 1.165) is 0 Å². The number of carbonyl (C=O) groups excluding carboxylic acids is 2. The second kappa shape index (κ2) is 8.82. The molecule has 0 spiro atoms. The maximum Gasteiger partial charge on any atom is 0.251 e. The molecule has 0 saturated carbocycles. The molecule has 0 aliphatic heterocycles. The van der Waals surface area contributed by atoms with Gasteiger partial charge in [0.15, 0.2) is 0 Å². The van der Waals surface area contributed by atoms with Crippen molar-refractivity contribution < 1.29 is 9.59 Å². The highest BCUT2D eigenvalue weighted by Crippen LogP contribution is 2.22. The van der Waals surface area contributed by atoms with Gasteiger partial charge in [0.1, 0.15) is 0 Å². The zero-order valence-corrected chi connectivity index (χ0v) is 16.8. The first-order valence-electron chi connectivity index (χ1n) is 9.09. The Labute approximate surface area is 161 Å². The molecule has 0 heterocycles. The predicted octanol–water partition coefficient (Wildman–Crippen LogP) is 3.41. The van der Waals surface area contributed by atoms with Gasteiger partial charge in [0.25, 0.3) is 5.91 Å². The van der Waals surface area contributed by atoms with E-state index in [-0.39, 0.29) is 23.8 Å². The van der Waals surface area contributed by atoms with Crippen LogP contribution in [-0.2, 0) is 16.8 Å². The Hall–Kier alpha value is -2.66. The Morgan fingerprint density at radius 3 is 2.30 bits per heavy atom. The number of likely N-dealkylation sites (N-methyl/N-ethyl adjacent to an activating group) is 1. The molecule has 0 aliphatic rings. The van der Waals surface area contributed by atoms with Crippen molar-refractivity contribution in [1.82, 2.24) is 10.2 Å². The summed E-state index contributed by atoms with van der Waals surface area (Å²) in [6.07, 6.45) is 0. The van der Waals surface area contributed by atoms with Gasteiger partial charge >= 0.3 is 0 Å². The van der Waals surface area contributed by atoms with E-state index in [4.69, 9.17) is 0 Å². The van der Waals surface area contributed by atoms with Crippen molar-refractivity contribution in [1.29, 1.82) is 0 Å². The van der Waals surface area contributed by atoms with E-state index in [1.54, 1.807) is 31.3 Å². The van der Waals surface area contributed by atoms with Crippen LogP contribution in [0.25, 0.3) is 0 Å². The molecule has 0 bridgehead atoms. The topological polar surface area (TPSA) is 61.4 Å². The molecule has 0 aromatic heterocycles. The van der Waals surface area contributed by atoms with Crippen LogP contribution in [0.1, 0.15) is 42.3 Å². The first-order valence-corrected chi connectivity index (χ1v) is 9.09. The van der Waals surface area contributed by atoms with Gasteiger partial charge in [0.2, 0.25) is 5.91 Å². The Bertz CT molecular complexity index is 792. The Morgan fingerprint density at radius 2 is 1.70 bits per heavy atom. The summed E-state index contributed by atoms with van der Waals surface area (Å²) in [5.41, 5.74) is 3.72. The zero-order valence-electron chi connectivity index (χ0n) is 16.8. The first kappa shape index (κ1) is 20.6. The van der Waals surface area contributed by atoms with Gasteiger partial charge in [0.05, 0.1) is 6.54 Å². The van der Waals surface area contributed by atoms with Gasteiger partial charge in [-0.1, -0.05) is 51.1 Å². The van der Waals surface area contributed by atoms with E-state index in [0.29, 0.717) is 17.8 Å². The SMILES string of the molecule is CNC(=O)c1cccc(NC(=O)CN(C)Cc2ccc(C(C)(C)C)cc2)c1. The summed E-state index contributed by atoms with van der Waals surface area (Å²) < 4.78 is 0. The quantitative estimate of drug-likeness (QED) is 0.822. The standard InChI is InChI=1S/C22H29N3O2/c1-22(2,3)18-11-9-16(10-12-18)14-25(5)15-20(26)24-19-8-6-7-17(13-19)21(27)23-4/h6-13H,14-15H2,1-5H3,(H,23,27)(H,24,26). The molecule has 2 aromatic rings. The monoisotopic (exact) mass is 367 g/mol. The molecule has 5 heteroatoms. The maximum absolute atomic E-state index is 12.3. The minimum Gasteiger partial charge on any atom is -0.355 e. The number of amides is 2. The fourth-order valence-corrected chi connectivity index (χ4v) is 2.81. The van der Waals surface area contributed by atoms with Crippen molar-refractivity contribution in [3.05, 3.63) is 65.2 Å². The number of nitrogens with zero attached hydrogens (tertiary/aromatic N) is 1. The van der Waals surface area contributed by atoms with E-state index in [2.05, 4.69) is 55.7 Å². The molecular formula is C22H29N3O2. The molecule has 2 aromatic carbocycles. The summed E-state index contributed by atoms with van der Waals surface area (Å²) >= 11 is 0. The predicted molar refractivity (Wildman–Crippen MR) is 110 cm³/mol. The highest BCUT2D eigenvalue weighted by molar-refractivity contribution is 5.97. The van der Waals surface area contributed by atoms with Crippen LogP contribution < -0.4 is 10.6 Å². The summed E-state index contributed by atoms with van der Waals surface area (Å²) in [4.78, 5) is 25.9. The molecule has 0 fully saturated rings. The van der Waals surface area contributed by atoms with Gasteiger partial charge in [-0.3, -0.25) is 14.5 Å². The third-order valence-electron chi connectivity index (χ3n) is 4.32. The molecule has 0 aliphatic carbocycles. The molecule has 5 nitrogen and oxygen atoms in total. The van der Waals surface area contributed by atoms with E-state index >= 15 is 0 Å². The molecule has 27 heavy (non-hydrogen) atoms. The largest absolute Gasteiger partial charge is 0.355 e. The smallest absolute Gasteiger partial charge is 0.251 e. The van der Waals surface area contributed by atoms with Crippen LogP contribution in [0, 0.1) is 0 Å². The van der Waals surface area contributed by atoms with Gasteiger partial charge in [-0.2, -0.15) is 0 Å². The Kier molecular flexibility index (Phi) is 6.75. The average molecular weight is 367 g/mol. The van der Waals surface area contributed by atoms with Crippen LogP contribution in [0.3, 0.4) is 0 Å². The number of hydrogen-bond acceptors (Lipinski definition) is 3. The number of anilines is 1. The fraction of sp³-hybridized carbons (Fsp3) is 0.364. The average Bonchev–Trinajstić information content (AvgIpc) is 2.60. The van der Waals surface area contributed by atoms with Crippen LogP contribution in [0.15, 0.2) is 48.5 Å². The van der Waals surface area contributed by atoms with Crippen molar-refractivity contribution in [3.63, 3.8) is 0 Å². The molecule has 0 radical (unpaired) electrons. The summed E-state index contributed by atoms with van der Waals surface area (Å²) in [5.74, 6) is -0.292. The van der Waals surface area contributed by atoms with Crippen LogP contribution in [0.5, 0.6) is 0 Å². The molecule has 0 saturated heterocycles. The lowest BCUT2D eigenvalue weighted by Crippen LogP contribution is -2.30. The minimum absolute atomic E-state index is 0.113. The number of nitrogens with one attached hydrogen (secondary N) is 2. The van der Waals surface area contributed by atoms with E-state index < -0.39 is 0 Å². The summed E-state index contributed by atoms with van der Waals surface area (Å²) in [5, 5.41) is 5.42. The van der Waals surface area contributed by atoms with E-state index in [1.807, 2.05) is 11.9 Å². The first-order chi connectivity index (χ1) is 12.7. The third kappa shape index (κ3) is 6.22. The summed E-state index contributed by atoms with van der Waals surface area (Å²) in [7, 11) is 3.49. The second-order valence-electron chi connectivity index (χ2n) is 7.83. The lowest BCUT2D eigenvalue weighted by Gasteiger charge is -2.20. The maximum atomic E-state index is 12.3. The second-order valence-corrected chi connectivity index (χ2v) is 7.83. The van der Waals surface area contributed by atoms with Crippen molar-refractivity contribution in [3.8, 4) is 0 Å². The lowest BCUT2D eigenvalue weighted by atomic mass is 9.87. The van der Waals surface area contributed by atoms with Crippen molar-refractivity contribution >= 4 is 17.5 Å². The Morgan fingerprint density at radius 1 is 1.04 bits per heavy atom. The lowest BCUT2D eigenvalue weighted by molar-refractivity contribution is -0.117. The molecule has 0 atom stereocenters. The highest BCUT2D eigenvalue weighted by atomic mass is 16.2. The molecule has 0 unspecified atom stereocenters. The van der Waals surface area contributed by atoms with Gasteiger partial charge in [-0.25, -0.2) is 0 Å². The van der Waals surface area contributed by atoms with Crippen LogP contribution in [0.4, 0.5) is 5.69 Å². The molecule has 2 rings (SSSR count). The van der Waals surface area contributed by atoms with Crippen LogP contribution in [-0.4, -0.2) is 37.4 Å². The van der Waals surface area contributed by atoms with Crippen molar-refractivity contribution in [2.45, 2.75) is 32.7 Å². The molecule has 144 valence electrons. The normalized spacial score (nSPS) is 11.3. The Balaban J connectivity index is 1.91. The molecule has 2 amide bonds. The molecule has 2 N–H and O–H groups in total. The number of rotatable bonds is 6. The zero-order chi connectivity index (χ0) is 20.0. The minimum atomic E-state index is -0.179. The number of benzene rings is 2. The van der Waals surface area contributed by atoms with Gasteiger partial charge < -0.3 is 10.6 Å². The number of carbonyl (C=O) groups is 2. The van der Waals surface area contributed by atoms with E-state index in [9.17, 15) is 9.59 Å². The summed E-state index contributed by atoms with van der Waals surface area (Å²) in [6, 6.07) is 15.4. The fourth-order valence-electron chi connectivity index (χ4n) is 2.81. The van der Waals surface area contributed by atoms with E-state index in [1.165, 1.54) is 11.1 Å². The van der Waals surface area contributed by atoms with Gasteiger partial charge in [-0.15, -0.1) is 0 Å². The summed E-state index contributed by atoms with van der Waals surface area (Å²) in [6.45, 7) is 7.54. The third-order valence-corrected chi connectivity index (χ3v) is 4.32. The van der Waals surface area contributed by atoms with Gasteiger partial charge in [0, 0.05) is 24.8 Å².